The largest absolute Gasteiger partial charge is 0.495 e. The van der Waals surface area contributed by atoms with Gasteiger partial charge in [0.1, 0.15) is 11.4 Å². The molecule has 0 fully saturated rings. The molecule has 1 aliphatic heterocycles. The van der Waals surface area contributed by atoms with Gasteiger partial charge in [-0.15, -0.1) is 0 Å². The first kappa shape index (κ1) is 23.1. The number of nitrogens with zero attached hydrogens (tertiary/aromatic N) is 2. The topological polar surface area (TPSA) is 61.9 Å². The maximum Gasteiger partial charge on any atom is 0.282 e. The predicted molar refractivity (Wildman–Crippen MR) is 137 cm³/mol. The van der Waals surface area contributed by atoms with E-state index in [2.05, 4.69) is 5.32 Å². The fraction of sp³-hybridized carbons (Fsp3) is 0.214. The second kappa shape index (κ2) is 9.06. The van der Waals surface area contributed by atoms with Gasteiger partial charge in [-0.25, -0.2) is 4.90 Å². The number of benzene rings is 3. The molecular weight excluding hydrogens is 426 g/mol. The lowest BCUT2D eigenvalue weighted by atomic mass is 9.97. The van der Waals surface area contributed by atoms with Crippen LogP contribution in [0.1, 0.15) is 22.3 Å². The van der Waals surface area contributed by atoms with Gasteiger partial charge in [0.25, 0.3) is 11.8 Å². The first-order valence-corrected chi connectivity index (χ1v) is 11.1. The number of anilines is 3. The summed E-state index contributed by atoms with van der Waals surface area (Å²) in [6, 6.07) is 18.9. The summed E-state index contributed by atoms with van der Waals surface area (Å²) >= 11 is 0. The lowest BCUT2D eigenvalue weighted by Gasteiger charge is -2.18. The van der Waals surface area contributed by atoms with Crippen molar-refractivity contribution < 1.29 is 14.3 Å². The standard InChI is InChI=1S/C28H29N3O3/c1-17-7-13-22(19(3)15-17)25-26(29-23-16-18(2)8-14-24(23)34-6)28(33)31(27(25)32)21-11-9-20(10-12-21)30(4)5/h7-16,29H,1-6H3. The first-order valence-electron chi connectivity index (χ1n) is 11.1. The average molecular weight is 456 g/mol. The van der Waals surface area contributed by atoms with Crippen LogP contribution in [0.2, 0.25) is 0 Å². The van der Waals surface area contributed by atoms with Crippen LogP contribution < -0.4 is 19.9 Å². The number of carbonyl (C=O) groups is 2. The highest BCUT2D eigenvalue weighted by Crippen LogP contribution is 2.37. The van der Waals surface area contributed by atoms with E-state index in [-0.39, 0.29) is 11.6 Å². The summed E-state index contributed by atoms with van der Waals surface area (Å²) in [5.74, 6) is -0.170. The molecule has 2 amide bonds. The Kier molecular flexibility index (Phi) is 6.16. The second-order valence-electron chi connectivity index (χ2n) is 8.75. The molecule has 174 valence electrons. The number of rotatable bonds is 6. The molecule has 3 aromatic rings. The van der Waals surface area contributed by atoms with E-state index >= 15 is 0 Å². The third-order valence-corrected chi connectivity index (χ3v) is 5.97. The molecule has 6 nitrogen and oxygen atoms in total. The minimum atomic E-state index is -0.402. The van der Waals surface area contributed by atoms with Crippen LogP contribution in [0.3, 0.4) is 0 Å². The van der Waals surface area contributed by atoms with Crippen LogP contribution in [0, 0.1) is 20.8 Å². The normalized spacial score (nSPS) is 13.5. The van der Waals surface area contributed by atoms with Crippen molar-refractivity contribution in [2.45, 2.75) is 20.8 Å². The molecule has 3 aromatic carbocycles. The smallest absolute Gasteiger partial charge is 0.282 e. The Morgan fingerprint density at radius 3 is 2.09 bits per heavy atom. The lowest BCUT2D eigenvalue weighted by molar-refractivity contribution is -0.120. The van der Waals surface area contributed by atoms with Crippen LogP contribution in [0.4, 0.5) is 17.1 Å². The maximum atomic E-state index is 13.8. The van der Waals surface area contributed by atoms with E-state index in [9.17, 15) is 9.59 Å². The molecule has 34 heavy (non-hydrogen) atoms. The molecule has 0 aliphatic carbocycles. The SMILES string of the molecule is COc1ccc(C)cc1NC1=C(c2ccc(C)cc2C)C(=O)N(c2ccc(N(C)C)cc2)C1=O. The maximum absolute atomic E-state index is 13.8. The molecule has 1 N–H and O–H groups in total. The summed E-state index contributed by atoms with van der Waals surface area (Å²) in [6.07, 6.45) is 0. The fourth-order valence-electron chi connectivity index (χ4n) is 4.18. The third kappa shape index (κ3) is 4.15. The van der Waals surface area contributed by atoms with Gasteiger partial charge >= 0.3 is 0 Å². The van der Waals surface area contributed by atoms with E-state index in [1.165, 1.54) is 4.90 Å². The molecule has 0 bridgehead atoms. The van der Waals surface area contributed by atoms with E-state index in [1.54, 1.807) is 19.2 Å². The van der Waals surface area contributed by atoms with Gasteiger partial charge in [0.2, 0.25) is 0 Å². The van der Waals surface area contributed by atoms with Gasteiger partial charge in [-0.3, -0.25) is 9.59 Å². The number of hydrogen-bond acceptors (Lipinski definition) is 5. The molecule has 0 saturated carbocycles. The molecule has 0 aromatic heterocycles. The van der Waals surface area contributed by atoms with Gasteiger partial charge in [-0.2, -0.15) is 0 Å². The van der Waals surface area contributed by atoms with Crippen molar-refractivity contribution in [2.75, 3.05) is 36.3 Å². The van der Waals surface area contributed by atoms with Crippen LogP contribution >= 0.6 is 0 Å². The summed E-state index contributed by atoms with van der Waals surface area (Å²) in [4.78, 5) is 30.7. The average Bonchev–Trinajstić information content (AvgIpc) is 3.03. The Hall–Kier alpha value is -4.06. The number of imide groups is 1. The fourth-order valence-corrected chi connectivity index (χ4v) is 4.18. The molecule has 1 aliphatic rings. The van der Waals surface area contributed by atoms with Gasteiger partial charge in [-0.05, 0) is 73.9 Å². The number of methoxy groups -OCH3 is 1. The van der Waals surface area contributed by atoms with Crippen molar-refractivity contribution in [3.63, 3.8) is 0 Å². The zero-order valence-electron chi connectivity index (χ0n) is 20.4. The number of aryl methyl sites for hydroxylation is 3. The van der Waals surface area contributed by atoms with Crippen LogP contribution in [0.15, 0.2) is 66.4 Å². The Labute approximate surface area is 200 Å². The van der Waals surface area contributed by atoms with Crippen LogP contribution in [-0.4, -0.2) is 33.0 Å². The van der Waals surface area contributed by atoms with Crippen molar-refractivity contribution in [1.82, 2.24) is 0 Å². The summed E-state index contributed by atoms with van der Waals surface area (Å²) in [7, 11) is 5.46. The van der Waals surface area contributed by atoms with Crippen molar-refractivity contribution in [1.29, 1.82) is 0 Å². The lowest BCUT2D eigenvalue weighted by Crippen LogP contribution is -2.32. The Morgan fingerprint density at radius 1 is 0.824 bits per heavy atom. The number of nitrogens with one attached hydrogen (secondary N) is 1. The molecular formula is C28H29N3O3. The highest BCUT2D eigenvalue weighted by atomic mass is 16.5. The molecule has 1 heterocycles. The van der Waals surface area contributed by atoms with Gasteiger partial charge in [-0.1, -0.05) is 29.8 Å². The van der Waals surface area contributed by atoms with E-state index < -0.39 is 5.91 Å². The second-order valence-corrected chi connectivity index (χ2v) is 8.75. The van der Waals surface area contributed by atoms with Crippen molar-refractivity contribution in [3.8, 4) is 5.75 Å². The highest BCUT2D eigenvalue weighted by Gasteiger charge is 2.41. The van der Waals surface area contributed by atoms with E-state index in [0.717, 1.165) is 27.9 Å². The van der Waals surface area contributed by atoms with E-state index in [0.29, 0.717) is 22.7 Å². The zero-order valence-corrected chi connectivity index (χ0v) is 20.4. The predicted octanol–water partition coefficient (Wildman–Crippen LogP) is 5.08. The van der Waals surface area contributed by atoms with Crippen molar-refractivity contribution in [2.24, 2.45) is 0 Å². The minimum absolute atomic E-state index is 0.234. The van der Waals surface area contributed by atoms with Crippen LogP contribution in [0.25, 0.3) is 5.57 Å². The first-order chi connectivity index (χ1) is 16.2. The highest BCUT2D eigenvalue weighted by molar-refractivity contribution is 6.46. The summed E-state index contributed by atoms with van der Waals surface area (Å²) in [5.41, 5.74) is 6.46. The minimum Gasteiger partial charge on any atom is -0.495 e. The molecule has 0 saturated heterocycles. The van der Waals surface area contributed by atoms with Gasteiger partial charge in [0.05, 0.1) is 24.1 Å². The molecule has 0 spiro atoms. The van der Waals surface area contributed by atoms with E-state index in [4.69, 9.17) is 4.74 Å². The number of hydrogen-bond donors (Lipinski definition) is 1. The Balaban J connectivity index is 1.85. The van der Waals surface area contributed by atoms with Crippen LogP contribution in [0.5, 0.6) is 5.75 Å². The summed E-state index contributed by atoms with van der Waals surface area (Å²) < 4.78 is 5.50. The Morgan fingerprint density at radius 2 is 1.47 bits per heavy atom. The van der Waals surface area contributed by atoms with Crippen molar-refractivity contribution in [3.05, 3.63) is 88.6 Å². The molecule has 0 atom stereocenters. The molecule has 4 rings (SSSR count). The van der Waals surface area contributed by atoms with Gasteiger partial charge in [0.15, 0.2) is 0 Å². The van der Waals surface area contributed by atoms with Gasteiger partial charge < -0.3 is 15.0 Å². The van der Waals surface area contributed by atoms with Crippen LogP contribution in [-0.2, 0) is 9.59 Å². The van der Waals surface area contributed by atoms with Gasteiger partial charge in [0, 0.05) is 19.8 Å². The molecule has 0 unspecified atom stereocenters. The summed E-state index contributed by atoms with van der Waals surface area (Å²) in [5, 5.41) is 3.24. The quantitative estimate of drug-likeness (QED) is 0.525. The zero-order chi connectivity index (χ0) is 24.6. The number of amides is 2. The monoisotopic (exact) mass is 455 g/mol. The van der Waals surface area contributed by atoms with Crippen molar-refractivity contribution >= 4 is 34.4 Å². The number of carbonyl (C=O) groups excluding carboxylic acids is 2. The number of ether oxygens (including phenoxy) is 1. The molecule has 6 heteroatoms. The third-order valence-electron chi connectivity index (χ3n) is 5.97. The Bertz CT molecular complexity index is 1310. The molecule has 0 radical (unpaired) electrons. The van der Waals surface area contributed by atoms with E-state index in [1.807, 2.05) is 88.3 Å². The summed E-state index contributed by atoms with van der Waals surface area (Å²) in [6.45, 7) is 5.92.